The number of hydrogen-bond donors (Lipinski definition) is 1. The van der Waals surface area contributed by atoms with Crippen LogP contribution in [0.15, 0.2) is 48.5 Å². The van der Waals surface area contributed by atoms with Gasteiger partial charge in [-0.1, -0.05) is 24.3 Å². The monoisotopic (exact) mass is 369 g/mol. The highest BCUT2D eigenvalue weighted by Crippen LogP contribution is 2.28. The predicted octanol–water partition coefficient (Wildman–Crippen LogP) is 3.60. The van der Waals surface area contributed by atoms with Crippen molar-refractivity contribution < 1.29 is 23.8 Å². The highest BCUT2D eigenvalue weighted by atomic mass is 16.5. The average Bonchev–Trinajstić information content (AvgIpc) is 2.67. The zero-order valence-electron chi connectivity index (χ0n) is 15.7. The Hall–Kier alpha value is -3.28. The fourth-order valence-electron chi connectivity index (χ4n) is 2.31. The normalized spacial score (nSPS) is 10.5. The molecule has 0 bridgehead atoms. The molecule has 2 rings (SSSR count). The summed E-state index contributed by atoms with van der Waals surface area (Å²) >= 11 is 0. The Balaban J connectivity index is 1.88. The van der Waals surface area contributed by atoms with Crippen LogP contribution in [0.2, 0.25) is 0 Å². The molecule has 0 fully saturated rings. The molecule has 0 radical (unpaired) electrons. The lowest BCUT2D eigenvalue weighted by Crippen LogP contribution is -2.20. The van der Waals surface area contributed by atoms with Gasteiger partial charge >= 0.3 is 5.97 Å². The van der Waals surface area contributed by atoms with E-state index in [1.807, 2.05) is 32.0 Å². The topological polar surface area (TPSA) is 73.9 Å². The number of aryl methyl sites for hydroxylation is 1. The van der Waals surface area contributed by atoms with E-state index >= 15 is 0 Å². The third-order valence-electron chi connectivity index (χ3n) is 3.66. The van der Waals surface area contributed by atoms with Gasteiger partial charge in [-0.05, 0) is 49.2 Å². The molecule has 2 aromatic rings. The van der Waals surface area contributed by atoms with E-state index in [9.17, 15) is 9.59 Å². The first-order valence-electron chi connectivity index (χ1n) is 8.54. The van der Waals surface area contributed by atoms with Crippen LogP contribution in [0.5, 0.6) is 11.5 Å². The van der Waals surface area contributed by atoms with Gasteiger partial charge in [-0.2, -0.15) is 0 Å². The Kier molecular flexibility index (Phi) is 7.43. The van der Waals surface area contributed by atoms with Crippen LogP contribution in [-0.2, 0) is 14.3 Å². The molecular formula is C21H23NO5. The summed E-state index contributed by atoms with van der Waals surface area (Å²) in [6.45, 7) is 3.94. The van der Waals surface area contributed by atoms with E-state index in [1.54, 1.807) is 37.5 Å². The zero-order valence-corrected chi connectivity index (χ0v) is 15.7. The van der Waals surface area contributed by atoms with Crippen molar-refractivity contribution in [2.45, 2.75) is 13.8 Å². The van der Waals surface area contributed by atoms with E-state index < -0.39 is 11.9 Å². The molecule has 0 heterocycles. The number of carbonyl (C=O) groups excluding carboxylic acids is 2. The predicted molar refractivity (Wildman–Crippen MR) is 104 cm³/mol. The average molecular weight is 369 g/mol. The summed E-state index contributed by atoms with van der Waals surface area (Å²) in [7, 11) is 1.55. The molecule has 0 saturated carbocycles. The van der Waals surface area contributed by atoms with Crippen LogP contribution in [0, 0.1) is 6.92 Å². The van der Waals surface area contributed by atoms with Crippen molar-refractivity contribution in [3.05, 3.63) is 59.7 Å². The molecule has 2 aromatic carbocycles. The smallest absolute Gasteiger partial charge is 0.331 e. The van der Waals surface area contributed by atoms with Crippen molar-refractivity contribution in [1.82, 2.24) is 0 Å². The summed E-state index contributed by atoms with van der Waals surface area (Å²) in [6.07, 6.45) is 2.84. The number of anilines is 1. The van der Waals surface area contributed by atoms with Gasteiger partial charge in [-0.25, -0.2) is 4.79 Å². The highest BCUT2D eigenvalue weighted by Gasteiger charge is 2.08. The maximum absolute atomic E-state index is 11.9. The minimum atomic E-state index is -0.609. The minimum absolute atomic E-state index is 0.357. The highest BCUT2D eigenvalue weighted by molar-refractivity contribution is 5.95. The van der Waals surface area contributed by atoms with Gasteiger partial charge in [0.05, 0.1) is 13.7 Å². The number of nitrogens with one attached hydrogen (secondary N) is 1. The molecule has 0 atom stereocenters. The Labute approximate surface area is 158 Å². The van der Waals surface area contributed by atoms with Gasteiger partial charge in [0, 0.05) is 11.8 Å². The van der Waals surface area contributed by atoms with E-state index in [2.05, 4.69) is 5.32 Å². The molecule has 1 amide bonds. The Morgan fingerprint density at radius 1 is 1.11 bits per heavy atom. The molecule has 0 aliphatic heterocycles. The summed E-state index contributed by atoms with van der Waals surface area (Å²) < 4.78 is 15.7. The number of para-hydroxylation sites is 1. The van der Waals surface area contributed by atoms with Crippen LogP contribution in [0.25, 0.3) is 6.08 Å². The SMILES string of the molecule is CCOc1ccc(/C=C/C(=O)OCC(=O)Nc2ccccc2C)cc1OC. The van der Waals surface area contributed by atoms with Gasteiger partial charge in [0.15, 0.2) is 18.1 Å². The molecule has 6 heteroatoms. The quantitative estimate of drug-likeness (QED) is 0.568. The molecule has 0 saturated heterocycles. The van der Waals surface area contributed by atoms with Crippen LogP contribution in [0.1, 0.15) is 18.1 Å². The second-order valence-electron chi connectivity index (χ2n) is 5.65. The first-order valence-corrected chi connectivity index (χ1v) is 8.54. The molecule has 1 N–H and O–H groups in total. The Morgan fingerprint density at radius 2 is 1.89 bits per heavy atom. The van der Waals surface area contributed by atoms with Crippen molar-refractivity contribution >= 4 is 23.6 Å². The van der Waals surface area contributed by atoms with Crippen LogP contribution in [0.3, 0.4) is 0 Å². The van der Waals surface area contributed by atoms with Gasteiger partial charge < -0.3 is 19.5 Å². The van der Waals surface area contributed by atoms with Gasteiger partial charge in [-0.15, -0.1) is 0 Å². The summed E-state index contributed by atoms with van der Waals surface area (Å²) in [5, 5.41) is 2.70. The fraction of sp³-hybridized carbons (Fsp3) is 0.238. The second kappa shape index (κ2) is 10.0. The summed E-state index contributed by atoms with van der Waals surface area (Å²) in [6, 6.07) is 12.7. The van der Waals surface area contributed by atoms with E-state index in [1.165, 1.54) is 6.08 Å². The van der Waals surface area contributed by atoms with Gasteiger partial charge in [-0.3, -0.25) is 4.79 Å². The van der Waals surface area contributed by atoms with Gasteiger partial charge in [0.1, 0.15) is 0 Å². The summed E-state index contributed by atoms with van der Waals surface area (Å²) in [5.74, 6) is 0.203. The molecular weight excluding hydrogens is 346 g/mol. The molecule has 27 heavy (non-hydrogen) atoms. The van der Waals surface area contributed by atoms with Crippen LogP contribution in [0.4, 0.5) is 5.69 Å². The van der Waals surface area contributed by atoms with E-state index in [0.29, 0.717) is 23.8 Å². The minimum Gasteiger partial charge on any atom is -0.493 e. The van der Waals surface area contributed by atoms with Crippen LogP contribution >= 0.6 is 0 Å². The number of benzene rings is 2. The number of amides is 1. The molecule has 0 aliphatic carbocycles. The third kappa shape index (κ3) is 6.18. The lowest BCUT2D eigenvalue weighted by Gasteiger charge is -2.09. The lowest BCUT2D eigenvalue weighted by atomic mass is 10.2. The first-order chi connectivity index (χ1) is 13.0. The second-order valence-corrected chi connectivity index (χ2v) is 5.65. The van der Waals surface area contributed by atoms with Crippen LogP contribution in [-0.4, -0.2) is 32.2 Å². The van der Waals surface area contributed by atoms with E-state index in [0.717, 1.165) is 11.1 Å². The third-order valence-corrected chi connectivity index (χ3v) is 3.66. The summed E-state index contributed by atoms with van der Waals surface area (Å²) in [4.78, 5) is 23.7. The Morgan fingerprint density at radius 3 is 2.59 bits per heavy atom. The molecule has 142 valence electrons. The number of rotatable bonds is 8. The van der Waals surface area contributed by atoms with E-state index in [4.69, 9.17) is 14.2 Å². The standard InChI is InChI=1S/C21H23NO5/c1-4-26-18-11-9-16(13-19(18)25-3)10-12-21(24)27-14-20(23)22-17-8-6-5-7-15(17)2/h5-13H,4,14H2,1-3H3,(H,22,23)/b12-10+. The number of carbonyl (C=O) groups is 2. The molecule has 0 aromatic heterocycles. The molecule has 6 nitrogen and oxygen atoms in total. The van der Waals surface area contributed by atoms with E-state index in [-0.39, 0.29) is 6.61 Å². The molecule has 0 unspecified atom stereocenters. The van der Waals surface area contributed by atoms with Crippen molar-refractivity contribution in [2.24, 2.45) is 0 Å². The van der Waals surface area contributed by atoms with Gasteiger partial charge in [0.2, 0.25) is 0 Å². The van der Waals surface area contributed by atoms with Gasteiger partial charge in [0.25, 0.3) is 5.91 Å². The number of ether oxygens (including phenoxy) is 3. The largest absolute Gasteiger partial charge is 0.493 e. The maximum Gasteiger partial charge on any atom is 0.331 e. The lowest BCUT2D eigenvalue weighted by molar-refractivity contribution is -0.142. The fourth-order valence-corrected chi connectivity index (χ4v) is 2.31. The summed E-state index contributed by atoms with van der Waals surface area (Å²) in [5.41, 5.74) is 2.37. The van der Waals surface area contributed by atoms with Crippen molar-refractivity contribution in [3.63, 3.8) is 0 Å². The molecule has 0 aliphatic rings. The number of hydrogen-bond acceptors (Lipinski definition) is 5. The number of methoxy groups -OCH3 is 1. The number of esters is 1. The van der Waals surface area contributed by atoms with Crippen molar-refractivity contribution in [2.75, 3.05) is 25.6 Å². The van der Waals surface area contributed by atoms with Crippen molar-refractivity contribution in [3.8, 4) is 11.5 Å². The zero-order chi connectivity index (χ0) is 19.6. The first kappa shape index (κ1) is 20.0. The van der Waals surface area contributed by atoms with Crippen molar-refractivity contribution in [1.29, 1.82) is 0 Å². The Bertz CT molecular complexity index is 829. The molecule has 0 spiro atoms. The maximum atomic E-state index is 11.9. The van der Waals surface area contributed by atoms with Crippen LogP contribution < -0.4 is 14.8 Å².